The van der Waals surface area contributed by atoms with E-state index in [-0.39, 0.29) is 17.5 Å². The van der Waals surface area contributed by atoms with Crippen LogP contribution in [0.3, 0.4) is 0 Å². The summed E-state index contributed by atoms with van der Waals surface area (Å²) in [6.07, 6.45) is 5.09. The Morgan fingerprint density at radius 1 is 1.41 bits per heavy atom. The topological polar surface area (TPSA) is 87.6 Å². The number of ether oxygens (including phenoxy) is 1. The van der Waals surface area contributed by atoms with Crippen molar-refractivity contribution in [2.45, 2.75) is 38.6 Å². The first-order valence-electron chi connectivity index (χ1n) is 8.73. The van der Waals surface area contributed by atoms with Crippen molar-refractivity contribution in [1.82, 2.24) is 4.57 Å². The van der Waals surface area contributed by atoms with Crippen molar-refractivity contribution in [2.24, 2.45) is 4.99 Å². The first-order chi connectivity index (χ1) is 13.0. The zero-order valence-corrected chi connectivity index (χ0v) is 16.0. The van der Waals surface area contributed by atoms with Crippen molar-refractivity contribution < 1.29 is 9.84 Å². The molecule has 1 saturated carbocycles. The summed E-state index contributed by atoms with van der Waals surface area (Å²) in [5, 5.41) is 20.6. The number of methoxy groups -OCH3 is 1. The van der Waals surface area contributed by atoms with Gasteiger partial charge in [-0.05, 0) is 43.5 Å². The second-order valence-corrected chi connectivity index (χ2v) is 6.95. The van der Waals surface area contributed by atoms with E-state index in [1.165, 1.54) is 17.9 Å². The third-order valence-electron chi connectivity index (χ3n) is 4.96. The second-order valence-electron chi connectivity index (χ2n) is 6.54. The van der Waals surface area contributed by atoms with Gasteiger partial charge in [0.25, 0.3) is 5.56 Å². The van der Waals surface area contributed by atoms with Crippen molar-refractivity contribution in [3.63, 3.8) is 0 Å². The summed E-state index contributed by atoms with van der Waals surface area (Å²) >= 11 is 6.12. The first kappa shape index (κ1) is 19.0. The van der Waals surface area contributed by atoms with Gasteiger partial charge in [-0.1, -0.05) is 24.4 Å². The van der Waals surface area contributed by atoms with Gasteiger partial charge >= 0.3 is 0 Å². The summed E-state index contributed by atoms with van der Waals surface area (Å²) in [6, 6.07) is 6.95. The standard InChI is InChI=1S/C20H20ClN3O3/c1-12-15(10-22)19(25)24(14-5-3-4-6-14)20(26)16(12)11-23-13-7-8-18(27-2)17(21)9-13/h7-9,11,14,26H,3-6H2,1-2H3. The SMILES string of the molecule is COc1ccc(N=Cc2c(C)c(C#N)c(=O)n(C3CCCC3)c2O)cc1Cl. The Kier molecular flexibility index (Phi) is 5.52. The minimum Gasteiger partial charge on any atom is -0.495 e. The number of pyridine rings is 1. The van der Waals surface area contributed by atoms with Gasteiger partial charge in [0.1, 0.15) is 17.4 Å². The molecule has 0 spiro atoms. The molecule has 1 aromatic carbocycles. The number of hydrogen-bond donors (Lipinski definition) is 1. The highest BCUT2D eigenvalue weighted by molar-refractivity contribution is 6.32. The molecule has 7 heteroatoms. The zero-order chi connectivity index (χ0) is 19.6. The molecular formula is C20H20ClN3O3. The molecule has 1 aliphatic rings. The summed E-state index contributed by atoms with van der Waals surface area (Å²) < 4.78 is 6.47. The van der Waals surface area contributed by atoms with Crippen LogP contribution in [0.1, 0.15) is 48.4 Å². The molecule has 1 fully saturated rings. The van der Waals surface area contributed by atoms with Crippen molar-refractivity contribution in [3.8, 4) is 17.7 Å². The molecule has 1 aromatic heterocycles. The van der Waals surface area contributed by atoms with Crippen LogP contribution in [-0.4, -0.2) is 23.0 Å². The lowest BCUT2D eigenvalue weighted by Crippen LogP contribution is -2.28. The molecule has 2 aromatic rings. The monoisotopic (exact) mass is 385 g/mol. The molecule has 0 radical (unpaired) electrons. The average Bonchev–Trinajstić information content (AvgIpc) is 3.16. The lowest BCUT2D eigenvalue weighted by molar-refractivity contribution is 0.368. The molecule has 0 bridgehead atoms. The van der Waals surface area contributed by atoms with Crippen LogP contribution < -0.4 is 10.3 Å². The molecule has 1 N–H and O–H groups in total. The number of aromatic nitrogens is 1. The maximum absolute atomic E-state index is 12.7. The zero-order valence-electron chi connectivity index (χ0n) is 15.2. The van der Waals surface area contributed by atoms with Crippen molar-refractivity contribution in [3.05, 3.63) is 50.3 Å². The van der Waals surface area contributed by atoms with E-state index in [0.717, 1.165) is 25.7 Å². The van der Waals surface area contributed by atoms with Crippen LogP contribution in [0.25, 0.3) is 0 Å². The van der Waals surface area contributed by atoms with Gasteiger partial charge in [-0.3, -0.25) is 14.4 Å². The Balaban J connectivity index is 2.09. The molecule has 1 aliphatic carbocycles. The Morgan fingerprint density at radius 3 is 2.70 bits per heavy atom. The van der Waals surface area contributed by atoms with Crippen LogP contribution in [0.5, 0.6) is 11.6 Å². The fraction of sp³-hybridized carbons (Fsp3) is 0.350. The van der Waals surface area contributed by atoms with E-state index in [4.69, 9.17) is 16.3 Å². The number of aromatic hydroxyl groups is 1. The number of hydrogen-bond acceptors (Lipinski definition) is 5. The van der Waals surface area contributed by atoms with E-state index in [0.29, 0.717) is 27.6 Å². The third kappa shape index (κ3) is 3.56. The van der Waals surface area contributed by atoms with E-state index in [9.17, 15) is 15.2 Å². The summed E-state index contributed by atoms with van der Waals surface area (Å²) in [5.41, 5.74) is 0.942. The van der Waals surface area contributed by atoms with Crippen LogP contribution in [0.4, 0.5) is 5.69 Å². The van der Waals surface area contributed by atoms with E-state index in [2.05, 4.69) is 4.99 Å². The number of nitrogens with zero attached hydrogens (tertiary/aromatic N) is 3. The lowest BCUT2D eigenvalue weighted by atomic mass is 10.0. The van der Waals surface area contributed by atoms with Gasteiger partial charge in [0.2, 0.25) is 5.88 Å². The number of aliphatic imine (C=N–C) groups is 1. The number of nitriles is 1. The largest absolute Gasteiger partial charge is 0.495 e. The van der Waals surface area contributed by atoms with Gasteiger partial charge < -0.3 is 9.84 Å². The van der Waals surface area contributed by atoms with Crippen molar-refractivity contribution in [1.29, 1.82) is 5.26 Å². The van der Waals surface area contributed by atoms with Crippen LogP contribution in [-0.2, 0) is 0 Å². The number of rotatable bonds is 4. The van der Waals surface area contributed by atoms with Gasteiger partial charge in [0.05, 0.1) is 23.4 Å². The Hall–Kier alpha value is -2.78. The summed E-state index contributed by atoms with van der Waals surface area (Å²) in [4.78, 5) is 17.0. The maximum Gasteiger partial charge on any atom is 0.271 e. The lowest BCUT2D eigenvalue weighted by Gasteiger charge is -2.19. The summed E-state index contributed by atoms with van der Waals surface area (Å²) in [6.45, 7) is 1.64. The Bertz CT molecular complexity index is 999. The average molecular weight is 386 g/mol. The first-order valence-corrected chi connectivity index (χ1v) is 9.11. The molecule has 140 valence electrons. The highest BCUT2D eigenvalue weighted by Crippen LogP contribution is 2.34. The Labute approximate surface area is 162 Å². The minimum atomic E-state index is -0.441. The summed E-state index contributed by atoms with van der Waals surface area (Å²) in [7, 11) is 1.53. The molecule has 0 saturated heterocycles. The van der Waals surface area contributed by atoms with Crippen LogP contribution >= 0.6 is 11.6 Å². The predicted octanol–water partition coefficient (Wildman–Crippen LogP) is 4.26. The fourth-order valence-corrected chi connectivity index (χ4v) is 3.72. The van der Waals surface area contributed by atoms with E-state index in [1.54, 1.807) is 25.1 Å². The van der Waals surface area contributed by atoms with Gasteiger partial charge in [-0.25, -0.2) is 0 Å². The normalized spacial score (nSPS) is 14.6. The molecular weight excluding hydrogens is 366 g/mol. The highest BCUT2D eigenvalue weighted by Gasteiger charge is 2.25. The van der Waals surface area contributed by atoms with Crippen LogP contribution in [0.15, 0.2) is 28.0 Å². The van der Waals surface area contributed by atoms with Crippen LogP contribution in [0, 0.1) is 18.3 Å². The van der Waals surface area contributed by atoms with Crippen molar-refractivity contribution in [2.75, 3.05) is 7.11 Å². The number of halogens is 1. The molecule has 27 heavy (non-hydrogen) atoms. The van der Waals surface area contributed by atoms with E-state index >= 15 is 0 Å². The molecule has 0 unspecified atom stereocenters. The minimum absolute atomic E-state index is 0.0360. The van der Waals surface area contributed by atoms with Gasteiger partial charge in [-0.15, -0.1) is 0 Å². The smallest absolute Gasteiger partial charge is 0.271 e. The molecule has 3 rings (SSSR count). The Morgan fingerprint density at radius 2 is 2.11 bits per heavy atom. The van der Waals surface area contributed by atoms with Gasteiger partial charge in [0.15, 0.2) is 0 Å². The molecule has 0 amide bonds. The van der Waals surface area contributed by atoms with E-state index < -0.39 is 5.56 Å². The van der Waals surface area contributed by atoms with Crippen molar-refractivity contribution >= 4 is 23.5 Å². The fourth-order valence-electron chi connectivity index (χ4n) is 3.47. The second kappa shape index (κ2) is 7.85. The third-order valence-corrected chi connectivity index (χ3v) is 5.26. The summed E-state index contributed by atoms with van der Waals surface area (Å²) in [5.74, 6) is 0.392. The van der Waals surface area contributed by atoms with Crippen LogP contribution in [0.2, 0.25) is 5.02 Å². The van der Waals surface area contributed by atoms with Gasteiger partial charge in [-0.2, -0.15) is 5.26 Å². The quantitative estimate of drug-likeness (QED) is 0.796. The van der Waals surface area contributed by atoms with E-state index in [1.807, 2.05) is 6.07 Å². The molecule has 6 nitrogen and oxygen atoms in total. The van der Waals surface area contributed by atoms with Gasteiger partial charge in [0, 0.05) is 12.3 Å². The number of benzene rings is 1. The molecule has 0 aliphatic heterocycles. The molecule has 1 heterocycles. The highest BCUT2D eigenvalue weighted by atomic mass is 35.5. The maximum atomic E-state index is 12.7. The predicted molar refractivity (Wildman–Crippen MR) is 105 cm³/mol. The molecule has 0 atom stereocenters.